The summed E-state index contributed by atoms with van der Waals surface area (Å²) in [5.41, 5.74) is 0.710. The lowest BCUT2D eigenvalue weighted by Crippen LogP contribution is -2.10. The molecular weight excluding hydrogens is 282 g/mol. The van der Waals surface area contributed by atoms with E-state index in [-0.39, 0.29) is 6.61 Å². The minimum Gasteiger partial charge on any atom is -0.463 e. The summed E-state index contributed by atoms with van der Waals surface area (Å²) >= 11 is 5.85. The maximum absolute atomic E-state index is 11.6. The maximum atomic E-state index is 11.6. The van der Waals surface area contributed by atoms with Crippen molar-refractivity contribution in [3.63, 3.8) is 0 Å². The van der Waals surface area contributed by atoms with E-state index in [1.54, 1.807) is 25.1 Å². The minimum atomic E-state index is -0.568. The topological polar surface area (TPSA) is 84.1 Å². The Balaban J connectivity index is 2.08. The van der Waals surface area contributed by atoms with Crippen LogP contribution in [0.15, 0.2) is 30.4 Å². The third kappa shape index (κ3) is 3.36. The van der Waals surface area contributed by atoms with E-state index in [4.69, 9.17) is 11.6 Å². The predicted molar refractivity (Wildman–Crippen MR) is 75.5 cm³/mol. The average Bonchev–Trinajstić information content (AvgIpc) is 2.79. The molecule has 2 rings (SSSR count). The Hall–Kier alpha value is -2.34. The van der Waals surface area contributed by atoms with Crippen LogP contribution in [0.1, 0.15) is 6.92 Å². The molecule has 0 atom stereocenters. The number of fused-ring (bicyclic) bond motifs is 1. The number of carbonyl (C=O) groups excluding carboxylic acids is 2. The molecule has 0 saturated carbocycles. The van der Waals surface area contributed by atoms with Gasteiger partial charge in [-0.05, 0) is 25.1 Å². The van der Waals surface area contributed by atoms with Gasteiger partial charge in [-0.15, -0.1) is 0 Å². The van der Waals surface area contributed by atoms with Crippen molar-refractivity contribution in [1.29, 1.82) is 0 Å². The lowest BCUT2D eigenvalue weighted by atomic mass is 10.2. The first-order chi connectivity index (χ1) is 9.60. The van der Waals surface area contributed by atoms with Crippen molar-refractivity contribution in [3.8, 4) is 0 Å². The Bertz CT molecular complexity index is 679. The number of aromatic amines is 1. The normalized spacial score (nSPS) is 10.9. The molecule has 6 nitrogen and oxygen atoms in total. The number of esters is 1. The van der Waals surface area contributed by atoms with Crippen molar-refractivity contribution in [1.82, 2.24) is 10.2 Å². The molecule has 0 radical (unpaired) electrons. The van der Waals surface area contributed by atoms with Gasteiger partial charge in [0.05, 0.1) is 12.1 Å². The SMILES string of the molecule is CCOC(=O)C=CC(=O)Nc1n[nH]c2cc(Cl)ccc12. The number of nitrogens with one attached hydrogen (secondary N) is 2. The molecule has 0 saturated heterocycles. The molecule has 7 heteroatoms. The molecule has 104 valence electrons. The second-order valence-corrected chi connectivity index (χ2v) is 4.27. The highest BCUT2D eigenvalue weighted by atomic mass is 35.5. The molecule has 1 amide bonds. The Labute approximate surface area is 119 Å². The molecule has 0 bridgehead atoms. The second-order valence-electron chi connectivity index (χ2n) is 3.84. The van der Waals surface area contributed by atoms with Crippen LogP contribution in [-0.2, 0) is 14.3 Å². The van der Waals surface area contributed by atoms with Crippen molar-refractivity contribution in [2.75, 3.05) is 11.9 Å². The van der Waals surface area contributed by atoms with Crippen LogP contribution in [0, 0.1) is 0 Å². The van der Waals surface area contributed by atoms with Crippen molar-refractivity contribution in [3.05, 3.63) is 35.4 Å². The number of anilines is 1. The Morgan fingerprint density at radius 1 is 1.45 bits per heavy atom. The number of halogens is 1. The highest BCUT2D eigenvalue weighted by Crippen LogP contribution is 2.23. The number of hydrogen-bond acceptors (Lipinski definition) is 4. The molecule has 1 aromatic carbocycles. The van der Waals surface area contributed by atoms with E-state index in [1.165, 1.54) is 0 Å². The van der Waals surface area contributed by atoms with E-state index < -0.39 is 11.9 Å². The van der Waals surface area contributed by atoms with Gasteiger partial charge in [0.2, 0.25) is 5.91 Å². The number of aromatic nitrogens is 2. The van der Waals surface area contributed by atoms with Gasteiger partial charge in [-0.25, -0.2) is 4.79 Å². The minimum absolute atomic E-state index is 0.259. The summed E-state index contributed by atoms with van der Waals surface area (Å²) in [6, 6.07) is 5.14. The Morgan fingerprint density at radius 2 is 2.25 bits per heavy atom. The highest BCUT2D eigenvalue weighted by molar-refractivity contribution is 6.31. The Morgan fingerprint density at radius 3 is 3.00 bits per heavy atom. The number of hydrogen-bond donors (Lipinski definition) is 2. The van der Waals surface area contributed by atoms with Crippen LogP contribution in [0.4, 0.5) is 5.82 Å². The van der Waals surface area contributed by atoms with E-state index in [9.17, 15) is 9.59 Å². The summed E-state index contributed by atoms with van der Waals surface area (Å²) in [6.45, 7) is 1.95. The van der Waals surface area contributed by atoms with Crippen molar-refractivity contribution >= 4 is 40.2 Å². The van der Waals surface area contributed by atoms with Gasteiger partial charge in [-0.2, -0.15) is 5.10 Å². The summed E-state index contributed by atoms with van der Waals surface area (Å²) in [5.74, 6) is -0.669. The van der Waals surface area contributed by atoms with Gasteiger partial charge in [-0.3, -0.25) is 9.89 Å². The Kier molecular flexibility index (Phi) is 4.37. The molecule has 0 spiro atoms. The smallest absolute Gasteiger partial charge is 0.330 e. The molecule has 2 aromatic rings. The number of amides is 1. The summed E-state index contributed by atoms with van der Waals surface area (Å²) in [4.78, 5) is 22.7. The van der Waals surface area contributed by atoms with Gasteiger partial charge >= 0.3 is 5.97 Å². The van der Waals surface area contributed by atoms with Gasteiger partial charge in [0, 0.05) is 22.6 Å². The third-order valence-electron chi connectivity index (χ3n) is 2.42. The zero-order valence-corrected chi connectivity index (χ0v) is 11.4. The van der Waals surface area contributed by atoms with Crippen LogP contribution in [0.5, 0.6) is 0 Å². The van der Waals surface area contributed by atoms with Gasteiger partial charge < -0.3 is 10.1 Å². The van der Waals surface area contributed by atoms with Crippen LogP contribution >= 0.6 is 11.6 Å². The molecule has 0 aliphatic carbocycles. The zero-order valence-electron chi connectivity index (χ0n) is 10.6. The fourth-order valence-electron chi connectivity index (χ4n) is 1.58. The van der Waals surface area contributed by atoms with Crippen LogP contribution < -0.4 is 5.32 Å². The lowest BCUT2D eigenvalue weighted by Gasteiger charge is -1.98. The maximum Gasteiger partial charge on any atom is 0.330 e. The number of carbonyl (C=O) groups is 2. The number of rotatable bonds is 4. The second kappa shape index (κ2) is 6.21. The summed E-state index contributed by atoms with van der Waals surface area (Å²) in [7, 11) is 0. The number of ether oxygens (including phenoxy) is 1. The fraction of sp³-hybridized carbons (Fsp3) is 0.154. The van der Waals surface area contributed by atoms with Crippen LogP contribution in [-0.4, -0.2) is 28.7 Å². The van der Waals surface area contributed by atoms with Crippen molar-refractivity contribution in [2.45, 2.75) is 6.92 Å². The monoisotopic (exact) mass is 293 g/mol. The number of H-pyrrole nitrogens is 1. The first kappa shape index (κ1) is 14.1. The molecular formula is C13H12ClN3O3. The summed E-state index contributed by atoms with van der Waals surface area (Å²) in [5, 5.41) is 10.6. The van der Waals surface area contributed by atoms with Crippen LogP contribution in [0.3, 0.4) is 0 Å². The molecule has 0 fully saturated rings. The quantitative estimate of drug-likeness (QED) is 0.669. The molecule has 0 aliphatic heterocycles. The molecule has 0 aliphatic rings. The molecule has 2 N–H and O–H groups in total. The fourth-order valence-corrected chi connectivity index (χ4v) is 1.75. The van der Waals surface area contributed by atoms with E-state index >= 15 is 0 Å². The van der Waals surface area contributed by atoms with Crippen molar-refractivity contribution < 1.29 is 14.3 Å². The average molecular weight is 294 g/mol. The van der Waals surface area contributed by atoms with Gasteiger partial charge in [0.15, 0.2) is 5.82 Å². The van der Waals surface area contributed by atoms with E-state index in [1.807, 2.05) is 0 Å². The van der Waals surface area contributed by atoms with E-state index in [0.29, 0.717) is 16.4 Å². The first-order valence-electron chi connectivity index (χ1n) is 5.89. The van der Waals surface area contributed by atoms with Crippen molar-refractivity contribution in [2.24, 2.45) is 0 Å². The zero-order chi connectivity index (χ0) is 14.5. The van der Waals surface area contributed by atoms with Crippen LogP contribution in [0.2, 0.25) is 5.02 Å². The van der Waals surface area contributed by atoms with E-state index in [2.05, 4.69) is 20.3 Å². The number of benzene rings is 1. The molecule has 1 heterocycles. The van der Waals surface area contributed by atoms with Crippen LogP contribution in [0.25, 0.3) is 10.9 Å². The third-order valence-corrected chi connectivity index (χ3v) is 2.66. The standard InChI is InChI=1S/C13H12ClN3O3/c1-2-20-12(19)6-5-11(18)15-13-9-4-3-8(14)7-10(9)16-17-13/h3-7H,2H2,1H3,(H2,15,16,17,18). The highest BCUT2D eigenvalue weighted by Gasteiger charge is 2.08. The lowest BCUT2D eigenvalue weighted by molar-refractivity contribution is -0.137. The summed E-state index contributed by atoms with van der Waals surface area (Å²) < 4.78 is 4.67. The number of nitrogens with zero attached hydrogens (tertiary/aromatic N) is 1. The molecule has 20 heavy (non-hydrogen) atoms. The summed E-state index contributed by atoms with van der Waals surface area (Å²) in [6.07, 6.45) is 2.15. The molecule has 0 unspecified atom stereocenters. The largest absolute Gasteiger partial charge is 0.463 e. The van der Waals surface area contributed by atoms with Gasteiger partial charge in [0.25, 0.3) is 0 Å². The first-order valence-corrected chi connectivity index (χ1v) is 6.27. The van der Waals surface area contributed by atoms with Gasteiger partial charge in [-0.1, -0.05) is 11.6 Å². The van der Waals surface area contributed by atoms with Gasteiger partial charge in [0.1, 0.15) is 0 Å². The predicted octanol–water partition coefficient (Wildman–Crippen LogP) is 2.27. The van der Waals surface area contributed by atoms with E-state index in [0.717, 1.165) is 17.5 Å². The molecule has 1 aromatic heterocycles.